The second-order valence-electron chi connectivity index (χ2n) is 8.17. The number of thiophene rings is 1. The average molecular weight is 439 g/mol. The smallest absolute Gasteiger partial charge is 0.233 e. The van der Waals surface area contributed by atoms with Gasteiger partial charge in [0.25, 0.3) is 0 Å². The molecule has 1 amide bonds. The van der Waals surface area contributed by atoms with Crippen molar-refractivity contribution < 1.29 is 4.79 Å². The van der Waals surface area contributed by atoms with E-state index in [1.54, 1.807) is 11.3 Å². The maximum Gasteiger partial charge on any atom is 0.233 e. The van der Waals surface area contributed by atoms with E-state index in [0.717, 1.165) is 36.7 Å². The molecule has 30 heavy (non-hydrogen) atoms. The molecular formula is C23H26N4OS2. The number of thioether (sulfide) groups is 1. The van der Waals surface area contributed by atoms with Gasteiger partial charge in [0, 0.05) is 17.3 Å². The van der Waals surface area contributed by atoms with Crippen LogP contribution in [-0.2, 0) is 17.6 Å². The summed E-state index contributed by atoms with van der Waals surface area (Å²) < 4.78 is 2.27. The number of aryl methyl sites for hydroxylation is 1. The Labute approximate surface area is 185 Å². The van der Waals surface area contributed by atoms with Gasteiger partial charge in [0.2, 0.25) is 5.91 Å². The van der Waals surface area contributed by atoms with Crippen LogP contribution in [0, 0.1) is 0 Å². The fourth-order valence-electron chi connectivity index (χ4n) is 4.18. The quantitative estimate of drug-likeness (QED) is 0.531. The predicted octanol–water partition coefficient (Wildman–Crippen LogP) is 4.94. The van der Waals surface area contributed by atoms with Crippen LogP contribution in [0.3, 0.4) is 0 Å². The number of fused-ring (bicyclic) bond motifs is 1. The lowest BCUT2D eigenvalue weighted by molar-refractivity contribution is -0.121. The first-order valence-electron chi connectivity index (χ1n) is 10.7. The fraction of sp³-hybridized carbons (Fsp3) is 0.435. The van der Waals surface area contributed by atoms with Crippen molar-refractivity contribution in [2.75, 3.05) is 0 Å². The van der Waals surface area contributed by atoms with Crippen molar-refractivity contribution in [1.82, 2.24) is 20.1 Å². The molecule has 0 spiro atoms. The molecule has 2 aromatic heterocycles. The highest BCUT2D eigenvalue weighted by Gasteiger charge is 2.31. The summed E-state index contributed by atoms with van der Waals surface area (Å²) in [6.45, 7) is 1.97. The second-order valence-corrected chi connectivity index (χ2v) is 10.5. The van der Waals surface area contributed by atoms with Crippen LogP contribution in [-0.4, -0.2) is 25.9 Å². The van der Waals surface area contributed by atoms with E-state index in [9.17, 15) is 4.79 Å². The van der Waals surface area contributed by atoms with E-state index in [1.807, 2.05) is 6.92 Å². The molecule has 2 aliphatic carbocycles. The molecule has 2 atom stereocenters. The Kier molecular flexibility index (Phi) is 5.65. The fourth-order valence-corrected chi connectivity index (χ4v) is 5.83. The van der Waals surface area contributed by atoms with Crippen molar-refractivity contribution in [2.45, 2.75) is 67.9 Å². The van der Waals surface area contributed by atoms with E-state index < -0.39 is 0 Å². The van der Waals surface area contributed by atoms with Gasteiger partial charge in [-0.05, 0) is 61.6 Å². The summed E-state index contributed by atoms with van der Waals surface area (Å²) in [5, 5.41) is 15.0. The minimum absolute atomic E-state index is 0.0758. The topological polar surface area (TPSA) is 59.8 Å². The number of carbonyl (C=O) groups excluding carboxylic acids is 1. The van der Waals surface area contributed by atoms with Gasteiger partial charge < -0.3 is 9.88 Å². The van der Waals surface area contributed by atoms with Crippen LogP contribution < -0.4 is 5.32 Å². The third-order valence-corrected chi connectivity index (χ3v) is 7.83. The van der Waals surface area contributed by atoms with Crippen molar-refractivity contribution in [3.05, 3.63) is 63.6 Å². The maximum absolute atomic E-state index is 13.0. The normalized spacial score (nSPS) is 19.3. The van der Waals surface area contributed by atoms with E-state index >= 15 is 0 Å². The number of rotatable bonds is 7. The molecule has 1 fully saturated rings. The summed E-state index contributed by atoms with van der Waals surface area (Å²) in [7, 11) is 0. The van der Waals surface area contributed by atoms with Gasteiger partial charge in [0.15, 0.2) is 5.16 Å². The molecule has 0 saturated heterocycles. The van der Waals surface area contributed by atoms with Crippen LogP contribution in [0.15, 0.2) is 46.9 Å². The number of benzene rings is 1. The van der Waals surface area contributed by atoms with Crippen molar-refractivity contribution >= 4 is 29.0 Å². The summed E-state index contributed by atoms with van der Waals surface area (Å²) in [4.78, 5) is 14.3. The summed E-state index contributed by atoms with van der Waals surface area (Å²) in [5.41, 5.74) is 2.63. The molecule has 2 aliphatic rings. The predicted molar refractivity (Wildman–Crippen MR) is 121 cm³/mol. The van der Waals surface area contributed by atoms with Crippen LogP contribution in [0.1, 0.15) is 66.5 Å². The standard InChI is InChI=1S/C23H26N4OS2/c1-15(22(28)24-20-10-4-7-16-6-2-3-9-19(16)20)30-23-26-25-21(27(23)17-11-12-17)14-18-8-5-13-29-18/h2-3,5-6,8-9,13,15,17,20H,4,7,10-12,14H2,1H3,(H,24,28)/t15-,20+/m1/s1. The van der Waals surface area contributed by atoms with E-state index in [-0.39, 0.29) is 17.2 Å². The number of aromatic nitrogens is 3. The summed E-state index contributed by atoms with van der Waals surface area (Å²) in [6.07, 6.45) is 6.37. The van der Waals surface area contributed by atoms with Crippen LogP contribution in [0.5, 0.6) is 0 Å². The molecule has 7 heteroatoms. The first kappa shape index (κ1) is 19.8. The number of hydrogen-bond acceptors (Lipinski definition) is 5. The van der Waals surface area contributed by atoms with Gasteiger partial charge in [-0.3, -0.25) is 4.79 Å². The van der Waals surface area contributed by atoms with Crippen molar-refractivity contribution in [3.63, 3.8) is 0 Å². The first-order chi connectivity index (χ1) is 14.7. The molecule has 0 aliphatic heterocycles. The highest BCUT2D eigenvalue weighted by molar-refractivity contribution is 8.00. The lowest BCUT2D eigenvalue weighted by Gasteiger charge is -2.27. The van der Waals surface area contributed by atoms with E-state index in [0.29, 0.717) is 6.04 Å². The van der Waals surface area contributed by atoms with Gasteiger partial charge in [0.1, 0.15) is 5.82 Å². The molecule has 2 heterocycles. The molecule has 0 unspecified atom stereocenters. The van der Waals surface area contributed by atoms with Crippen molar-refractivity contribution in [1.29, 1.82) is 0 Å². The van der Waals surface area contributed by atoms with Gasteiger partial charge in [-0.15, -0.1) is 21.5 Å². The Hall–Kier alpha value is -2.12. The Morgan fingerprint density at radius 2 is 2.10 bits per heavy atom. The summed E-state index contributed by atoms with van der Waals surface area (Å²) >= 11 is 3.28. The van der Waals surface area contributed by atoms with Gasteiger partial charge in [-0.25, -0.2) is 0 Å². The molecule has 156 valence electrons. The van der Waals surface area contributed by atoms with Crippen LogP contribution in [0.2, 0.25) is 0 Å². The van der Waals surface area contributed by atoms with E-state index in [2.05, 4.69) is 61.9 Å². The monoisotopic (exact) mass is 438 g/mol. The van der Waals surface area contributed by atoms with Crippen molar-refractivity contribution in [3.8, 4) is 0 Å². The zero-order valence-corrected chi connectivity index (χ0v) is 18.7. The zero-order valence-electron chi connectivity index (χ0n) is 17.1. The van der Waals surface area contributed by atoms with Gasteiger partial charge in [-0.2, -0.15) is 0 Å². The molecule has 1 saturated carbocycles. The summed E-state index contributed by atoms with van der Waals surface area (Å²) in [6, 6.07) is 13.3. The Morgan fingerprint density at radius 3 is 2.90 bits per heavy atom. The van der Waals surface area contributed by atoms with E-state index in [1.165, 1.54) is 40.6 Å². The number of amides is 1. The average Bonchev–Trinajstić information content (AvgIpc) is 3.32. The van der Waals surface area contributed by atoms with Crippen LogP contribution >= 0.6 is 23.1 Å². The maximum atomic E-state index is 13.0. The van der Waals surface area contributed by atoms with Gasteiger partial charge >= 0.3 is 0 Å². The van der Waals surface area contributed by atoms with Gasteiger partial charge in [0.05, 0.1) is 11.3 Å². The molecule has 5 rings (SSSR count). The molecule has 3 aromatic rings. The highest BCUT2D eigenvalue weighted by Crippen LogP contribution is 2.40. The minimum Gasteiger partial charge on any atom is -0.348 e. The third-order valence-electron chi connectivity index (χ3n) is 5.90. The SMILES string of the molecule is C[C@@H](Sc1nnc(Cc2cccs2)n1C1CC1)C(=O)N[C@H]1CCCc2ccccc21. The van der Waals surface area contributed by atoms with E-state index in [4.69, 9.17) is 0 Å². The molecule has 1 N–H and O–H groups in total. The Morgan fingerprint density at radius 1 is 1.23 bits per heavy atom. The highest BCUT2D eigenvalue weighted by atomic mass is 32.2. The molecule has 5 nitrogen and oxygen atoms in total. The Bertz CT molecular complexity index is 1030. The largest absolute Gasteiger partial charge is 0.348 e. The second kappa shape index (κ2) is 8.55. The number of nitrogens with one attached hydrogen (secondary N) is 1. The molecule has 1 aromatic carbocycles. The molecule has 0 radical (unpaired) electrons. The third kappa shape index (κ3) is 4.18. The number of hydrogen-bond donors (Lipinski definition) is 1. The minimum atomic E-state index is -0.213. The molecule has 0 bridgehead atoms. The first-order valence-corrected chi connectivity index (χ1v) is 12.5. The lowest BCUT2D eigenvalue weighted by atomic mass is 9.88. The summed E-state index contributed by atoms with van der Waals surface area (Å²) in [5.74, 6) is 1.09. The van der Waals surface area contributed by atoms with Gasteiger partial charge in [-0.1, -0.05) is 42.1 Å². The van der Waals surface area contributed by atoms with Crippen LogP contribution in [0.4, 0.5) is 0 Å². The lowest BCUT2D eigenvalue weighted by Crippen LogP contribution is -2.36. The molecular weight excluding hydrogens is 412 g/mol. The Balaban J connectivity index is 1.28. The zero-order chi connectivity index (χ0) is 20.5. The van der Waals surface area contributed by atoms with Crippen LogP contribution in [0.25, 0.3) is 0 Å². The number of carbonyl (C=O) groups is 1. The number of nitrogens with zero attached hydrogens (tertiary/aromatic N) is 3. The van der Waals surface area contributed by atoms with Crippen molar-refractivity contribution in [2.24, 2.45) is 0 Å².